The van der Waals surface area contributed by atoms with Crippen LogP contribution in [0, 0.1) is 12.8 Å². The van der Waals surface area contributed by atoms with Gasteiger partial charge >= 0.3 is 0 Å². The minimum Gasteiger partial charge on any atom is -0.454 e. The van der Waals surface area contributed by atoms with Crippen LogP contribution in [0.5, 0.6) is 11.5 Å². The van der Waals surface area contributed by atoms with Crippen LogP contribution in [0.25, 0.3) is 11.0 Å². The predicted molar refractivity (Wildman–Crippen MR) is 101 cm³/mol. The number of anilines is 1. The molecule has 0 spiro atoms. The van der Waals surface area contributed by atoms with E-state index in [0.29, 0.717) is 13.0 Å². The minimum atomic E-state index is -0.349. The van der Waals surface area contributed by atoms with Crippen molar-refractivity contribution in [3.05, 3.63) is 49.3 Å². The average molecular weight is 365 g/mol. The van der Waals surface area contributed by atoms with Crippen LogP contribution in [0.2, 0.25) is 0 Å². The van der Waals surface area contributed by atoms with Crippen molar-refractivity contribution in [2.45, 2.75) is 31.5 Å². The Labute approximate surface area is 157 Å². The Balaban J connectivity index is 1.38. The molecule has 2 N–H and O–H groups in total. The molecule has 1 aromatic carbocycles. The first kappa shape index (κ1) is 16.4. The summed E-state index contributed by atoms with van der Waals surface area (Å²) in [4.78, 5) is 8.88. The van der Waals surface area contributed by atoms with Gasteiger partial charge in [-0.2, -0.15) is 0 Å². The molecule has 7 heteroatoms. The maximum Gasteiger partial charge on any atom is 0.231 e. The van der Waals surface area contributed by atoms with Crippen molar-refractivity contribution >= 4 is 16.9 Å². The highest BCUT2D eigenvalue weighted by Gasteiger charge is 2.31. The molecular formula is C20H21N4O3. The van der Waals surface area contributed by atoms with Gasteiger partial charge in [0.2, 0.25) is 6.79 Å². The smallest absolute Gasteiger partial charge is 0.231 e. The van der Waals surface area contributed by atoms with Gasteiger partial charge in [-0.05, 0) is 49.4 Å². The summed E-state index contributed by atoms with van der Waals surface area (Å²) in [5.41, 5.74) is 1.97. The van der Waals surface area contributed by atoms with Crippen LogP contribution in [0.15, 0.2) is 36.8 Å². The lowest BCUT2D eigenvalue weighted by molar-refractivity contribution is 0.149. The van der Waals surface area contributed by atoms with Crippen LogP contribution < -0.4 is 14.8 Å². The monoisotopic (exact) mass is 365 g/mol. The fourth-order valence-corrected chi connectivity index (χ4v) is 3.94. The Morgan fingerprint density at radius 2 is 2.07 bits per heavy atom. The van der Waals surface area contributed by atoms with E-state index in [1.807, 2.05) is 30.5 Å². The highest BCUT2D eigenvalue weighted by molar-refractivity contribution is 5.87. The first-order valence-electron chi connectivity index (χ1n) is 9.14. The fourth-order valence-electron chi connectivity index (χ4n) is 3.94. The molecule has 0 unspecified atom stereocenters. The highest BCUT2D eigenvalue weighted by Crippen LogP contribution is 2.37. The Hall–Kier alpha value is -2.80. The van der Waals surface area contributed by atoms with Crippen LogP contribution in [-0.2, 0) is 6.54 Å². The van der Waals surface area contributed by atoms with Crippen molar-refractivity contribution in [2.24, 2.45) is 5.92 Å². The zero-order chi connectivity index (χ0) is 18.4. The molecule has 3 aromatic rings. The van der Waals surface area contributed by atoms with E-state index in [0.717, 1.165) is 40.3 Å². The highest BCUT2D eigenvalue weighted by atomic mass is 16.7. The number of aromatic nitrogens is 3. The molecule has 3 heterocycles. The van der Waals surface area contributed by atoms with Gasteiger partial charge in [0.25, 0.3) is 0 Å². The van der Waals surface area contributed by atoms with Crippen molar-refractivity contribution in [3.63, 3.8) is 0 Å². The molecule has 0 saturated heterocycles. The average Bonchev–Trinajstić information content (AvgIpc) is 3.38. The summed E-state index contributed by atoms with van der Waals surface area (Å²) in [6, 6.07) is 8.16. The second-order valence-electron chi connectivity index (χ2n) is 7.18. The summed E-state index contributed by atoms with van der Waals surface area (Å²) in [6.07, 6.45) is 4.82. The van der Waals surface area contributed by atoms with Gasteiger partial charge in [-0.25, -0.2) is 9.97 Å². The summed E-state index contributed by atoms with van der Waals surface area (Å²) in [5, 5.41) is 14.4. The van der Waals surface area contributed by atoms with Gasteiger partial charge in [0.15, 0.2) is 11.5 Å². The summed E-state index contributed by atoms with van der Waals surface area (Å²) in [5.74, 6) is 2.41. The molecule has 7 nitrogen and oxygen atoms in total. The van der Waals surface area contributed by atoms with Crippen molar-refractivity contribution in [1.29, 1.82) is 0 Å². The van der Waals surface area contributed by atoms with E-state index >= 15 is 0 Å². The molecule has 27 heavy (non-hydrogen) atoms. The molecule has 1 fully saturated rings. The number of hydrogen-bond donors (Lipinski definition) is 2. The molecule has 0 bridgehead atoms. The molecular weight excluding hydrogens is 344 g/mol. The zero-order valence-electron chi connectivity index (χ0n) is 14.8. The van der Waals surface area contributed by atoms with E-state index in [-0.39, 0.29) is 24.9 Å². The van der Waals surface area contributed by atoms with Gasteiger partial charge in [-0.15, -0.1) is 0 Å². The molecule has 2 aliphatic rings. The number of rotatable bonds is 4. The number of benzene rings is 1. The van der Waals surface area contributed by atoms with Crippen LogP contribution in [0.1, 0.15) is 24.4 Å². The lowest BCUT2D eigenvalue weighted by atomic mass is 10.1. The first-order chi connectivity index (χ1) is 13.2. The molecule has 0 amide bonds. The van der Waals surface area contributed by atoms with Gasteiger partial charge in [0.1, 0.15) is 17.8 Å². The largest absolute Gasteiger partial charge is 0.454 e. The van der Waals surface area contributed by atoms with Crippen molar-refractivity contribution in [1.82, 2.24) is 14.5 Å². The lowest BCUT2D eigenvalue weighted by Crippen LogP contribution is -2.09. The fraction of sp³-hybridized carbons (Fsp3) is 0.350. The lowest BCUT2D eigenvalue weighted by Gasteiger charge is -2.13. The van der Waals surface area contributed by atoms with E-state index < -0.39 is 0 Å². The first-order valence-corrected chi connectivity index (χ1v) is 9.14. The minimum absolute atomic E-state index is 0.0675. The number of fused-ring (bicyclic) bond motifs is 2. The molecule has 5 rings (SSSR count). The second-order valence-corrected chi connectivity index (χ2v) is 7.18. The van der Waals surface area contributed by atoms with Crippen LogP contribution >= 0.6 is 0 Å². The van der Waals surface area contributed by atoms with E-state index in [4.69, 9.17) is 9.47 Å². The van der Waals surface area contributed by atoms with Crippen molar-refractivity contribution < 1.29 is 14.6 Å². The normalized spacial score (nSPS) is 23.9. The van der Waals surface area contributed by atoms with E-state index in [1.54, 1.807) is 6.33 Å². The Kier molecular flexibility index (Phi) is 3.89. The van der Waals surface area contributed by atoms with Crippen LogP contribution in [-0.4, -0.2) is 32.5 Å². The molecule has 1 aliphatic heterocycles. The third-order valence-corrected chi connectivity index (χ3v) is 5.43. The van der Waals surface area contributed by atoms with Gasteiger partial charge < -0.3 is 24.5 Å². The number of aliphatic hydroxyl groups is 1. The summed E-state index contributed by atoms with van der Waals surface area (Å²) in [7, 11) is 0. The van der Waals surface area contributed by atoms with Gasteiger partial charge in [-0.3, -0.25) is 0 Å². The maximum atomic E-state index is 10.0. The predicted octanol–water partition coefficient (Wildman–Crippen LogP) is 2.92. The summed E-state index contributed by atoms with van der Waals surface area (Å²) >= 11 is 0. The Morgan fingerprint density at radius 3 is 2.93 bits per heavy atom. The Bertz CT molecular complexity index is 977. The van der Waals surface area contributed by atoms with Gasteiger partial charge in [-0.1, -0.05) is 6.07 Å². The number of ether oxygens (including phenoxy) is 2. The number of aliphatic hydroxyl groups excluding tert-OH is 1. The van der Waals surface area contributed by atoms with Crippen molar-refractivity contribution in [2.75, 3.05) is 12.1 Å². The molecule has 1 aliphatic carbocycles. The van der Waals surface area contributed by atoms with E-state index in [9.17, 15) is 5.11 Å². The number of nitrogens with zero attached hydrogens (tertiary/aromatic N) is 3. The maximum absolute atomic E-state index is 10.0. The molecule has 2 aromatic heterocycles. The topological polar surface area (TPSA) is 81.4 Å². The molecule has 1 radical (unpaired) electrons. The summed E-state index contributed by atoms with van der Waals surface area (Å²) < 4.78 is 12.9. The quantitative estimate of drug-likeness (QED) is 0.740. The third kappa shape index (κ3) is 2.88. The van der Waals surface area contributed by atoms with Gasteiger partial charge in [0.05, 0.1) is 11.5 Å². The van der Waals surface area contributed by atoms with E-state index in [2.05, 4.69) is 26.8 Å². The third-order valence-electron chi connectivity index (χ3n) is 5.43. The summed E-state index contributed by atoms with van der Waals surface area (Å²) in [6.45, 7) is 4.93. The number of hydrogen-bond acceptors (Lipinski definition) is 6. The van der Waals surface area contributed by atoms with Crippen molar-refractivity contribution in [3.8, 4) is 11.5 Å². The standard InChI is InChI=1S/C20H21N4O3/c1-12-6-14(8-16(12)25)24-5-4-15-19(22-10-23-20(15)24)21-9-13-2-3-17-18(7-13)27-11-26-17/h2-5,7,10,12,14,16,25H,1,6,8-9,11H2,(H,21,22,23)/t12-,14+,16-/m0/s1. The molecule has 1 saturated carbocycles. The van der Waals surface area contributed by atoms with Gasteiger partial charge in [0, 0.05) is 18.8 Å². The zero-order valence-corrected chi connectivity index (χ0v) is 14.8. The molecule has 3 atom stereocenters. The molecule has 139 valence electrons. The van der Waals surface area contributed by atoms with Crippen LogP contribution in [0.4, 0.5) is 5.82 Å². The second kappa shape index (κ2) is 6.42. The van der Waals surface area contributed by atoms with E-state index in [1.165, 1.54) is 0 Å². The number of nitrogens with one attached hydrogen (secondary N) is 1. The Morgan fingerprint density at radius 1 is 1.19 bits per heavy atom. The SMILES string of the molecule is [CH2][C@H]1C[C@@H](n2ccc3c(NCc4ccc5c(c4)OCO5)ncnc32)C[C@@H]1O. The van der Waals surface area contributed by atoms with Crippen LogP contribution in [0.3, 0.4) is 0 Å².